The first-order chi connectivity index (χ1) is 8.41. The number of nitrogens with two attached hydrogens (primary N) is 1. The number of guanidine groups is 1. The number of hydrogen-bond donors (Lipinski definition) is 2. The van der Waals surface area contributed by atoms with Crippen LogP contribution in [-0.4, -0.2) is 51.1 Å². The summed E-state index contributed by atoms with van der Waals surface area (Å²) < 4.78 is 24.1. The molecule has 0 rings (SSSR count). The molecule has 0 unspecified atom stereocenters. The Morgan fingerprint density at radius 1 is 1.33 bits per heavy atom. The van der Waals surface area contributed by atoms with Crippen molar-refractivity contribution < 1.29 is 8.42 Å². The summed E-state index contributed by atoms with van der Waals surface area (Å²) in [6.45, 7) is 6.28. The fourth-order valence-electron chi connectivity index (χ4n) is 1.45. The van der Waals surface area contributed by atoms with Gasteiger partial charge in [-0.25, -0.2) is 12.7 Å². The maximum atomic E-state index is 11.3. The highest BCUT2D eigenvalue weighted by Crippen LogP contribution is 1.98. The van der Waals surface area contributed by atoms with Crippen molar-refractivity contribution in [1.29, 1.82) is 0 Å². The van der Waals surface area contributed by atoms with E-state index in [0.717, 1.165) is 19.4 Å². The molecule has 0 bridgehead atoms. The normalized spacial score (nSPS) is 13.0. The van der Waals surface area contributed by atoms with Crippen molar-refractivity contribution in [3.8, 4) is 0 Å². The minimum atomic E-state index is -3.10. The van der Waals surface area contributed by atoms with Crippen LogP contribution in [0, 0.1) is 0 Å². The van der Waals surface area contributed by atoms with Crippen LogP contribution in [-0.2, 0) is 10.0 Å². The number of sulfonamides is 1. The second-order valence-electron chi connectivity index (χ2n) is 4.16. The molecular weight excluding hydrogens is 252 g/mol. The van der Waals surface area contributed by atoms with Crippen LogP contribution < -0.4 is 11.1 Å². The highest BCUT2D eigenvalue weighted by molar-refractivity contribution is 7.88. The molecule has 0 heterocycles. The summed E-state index contributed by atoms with van der Waals surface area (Å²) in [5.41, 5.74) is 5.66. The Bertz CT molecular complexity index is 341. The molecule has 0 aromatic heterocycles. The highest BCUT2D eigenvalue weighted by atomic mass is 32.2. The Morgan fingerprint density at radius 2 is 2.00 bits per heavy atom. The van der Waals surface area contributed by atoms with E-state index in [-0.39, 0.29) is 0 Å². The van der Waals surface area contributed by atoms with E-state index in [0.29, 0.717) is 32.0 Å². The molecule has 3 N–H and O–H groups in total. The molecule has 0 amide bonds. The molecule has 0 saturated carbocycles. The van der Waals surface area contributed by atoms with E-state index in [1.165, 1.54) is 10.6 Å². The molecule has 0 aromatic rings. The van der Waals surface area contributed by atoms with Gasteiger partial charge in [-0.15, -0.1) is 0 Å². The molecule has 18 heavy (non-hydrogen) atoms. The molecule has 0 spiro atoms. The van der Waals surface area contributed by atoms with Crippen LogP contribution in [0.25, 0.3) is 0 Å². The molecule has 108 valence electrons. The van der Waals surface area contributed by atoms with E-state index in [1.54, 1.807) is 0 Å². The Balaban J connectivity index is 3.86. The molecule has 0 atom stereocenters. The average Bonchev–Trinajstić information content (AvgIpc) is 2.27. The van der Waals surface area contributed by atoms with E-state index in [1.807, 2.05) is 6.92 Å². The number of rotatable bonds is 9. The first-order valence-corrected chi connectivity index (χ1v) is 8.25. The predicted molar refractivity (Wildman–Crippen MR) is 76.1 cm³/mol. The van der Waals surface area contributed by atoms with Crippen molar-refractivity contribution in [1.82, 2.24) is 9.62 Å². The largest absolute Gasteiger partial charge is 0.370 e. The van der Waals surface area contributed by atoms with Gasteiger partial charge in [-0.05, 0) is 12.8 Å². The fraction of sp³-hybridized carbons (Fsp3) is 0.909. The van der Waals surface area contributed by atoms with Crippen LogP contribution in [0.5, 0.6) is 0 Å². The molecule has 0 fully saturated rings. The Hall–Kier alpha value is -0.820. The van der Waals surface area contributed by atoms with Gasteiger partial charge in [-0.1, -0.05) is 20.3 Å². The van der Waals surface area contributed by atoms with Gasteiger partial charge in [0.25, 0.3) is 0 Å². The molecule has 7 heteroatoms. The third kappa shape index (κ3) is 8.30. The molecule has 0 aliphatic carbocycles. The SMILES string of the molecule is CCCCNC(N)=NCCCN(CC)S(C)(=O)=O. The van der Waals surface area contributed by atoms with Crippen LogP contribution >= 0.6 is 0 Å². The predicted octanol–water partition coefficient (Wildman–Crippen LogP) is 0.362. The molecule has 0 radical (unpaired) electrons. The Kier molecular flexibility index (Phi) is 8.74. The van der Waals surface area contributed by atoms with Crippen molar-refractivity contribution in [3.63, 3.8) is 0 Å². The molecule has 6 nitrogen and oxygen atoms in total. The minimum absolute atomic E-state index is 0.436. The zero-order chi connectivity index (χ0) is 14.0. The number of unbranched alkanes of at least 4 members (excludes halogenated alkanes) is 1. The quantitative estimate of drug-likeness (QED) is 0.362. The maximum Gasteiger partial charge on any atom is 0.211 e. The zero-order valence-electron chi connectivity index (χ0n) is 11.6. The summed E-state index contributed by atoms with van der Waals surface area (Å²) in [5.74, 6) is 0.436. The van der Waals surface area contributed by atoms with Crippen LogP contribution in [0.15, 0.2) is 4.99 Å². The lowest BCUT2D eigenvalue weighted by Gasteiger charge is -2.16. The van der Waals surface area contributed by atoms with E-state index in [9.17, 15) is 8.42 Å². The van der Waals surface area contributed by atoms with E-state index >= 15 is 0 Å². The van der Waals surface area contributed by atoms with Crippen molar-refractivity contribution in [3.05, 3.63) is 0 Å². The second-order valence-corrected chi connectivity index (χ2v) is 6.14. The van der Waals surface area contributed by atoms with Gasteiger partial charge in [-0.2, -0.15) is 0 Å². The summed E-state index contributed by atoms with van der Waals surface area (Å²) in [6.07, 6.45) is 4.07. The third-order valence-corrected chi connectivity index (χ3v) is 3.88. The molecule has 0 aliphatic heterocycles. The lowest BCUT2D eigenvalue weighted by atomic mass is 10.3. The number of aliphatic imine (C=N–C) groups is 1. The summed E-state index contributed by atoms with van der Waals surface area (Å²) >= 11 is 0. The van der Waals surface area contributed by atoms with Gasteiger partial charge in [0.1, 0.15) is 0 Å². The lowest BCUT2D eigenvalue weighted by molar-refractivity contribution is 0.427. The summed E-state index contributed by atoms with van der Waals surface area (Å²) in [5, 5.41) is 3.01. The molecule has 0 aromatic carbocycles. The van der Waals surface area contributed by atoms with Gasteiger partial charge in [0, 0.05) is 26.2 Å². The monoisotopic (exact) mass is 278 g/mol. The van der Waals surface area contributed by atoms with Crippen molar-refractivity contribution in [2.75, 3.05) is 32.4 Å². The lowest BCUT2D eigenvalue weighted by Crippen LogP contribution is -2.33. The first-order valence-electron chi connectivity index (χ1n) is 6.40. The fourth-order valence-corrected chi connectivity index (χ4v) is 2.38. The van der Waals surface area contributed by atoms with Gasteiger partial charge in [0.15, 0.2) is 5.96 Å². The van der Waals surface area contributed by atoms with E-state index in [2.05, 4.69) is 17.2 Å². The van der Waals surface area contributed by atoms with Crippen LogP contribution in [0.3, 0.4) is 0 Å². The van der Waals surface area contributed by atoms with E-state index in [4.69, 9.17) is 5.73 Å². The average molecular weight is 278 g/mol. The van der Waals surface area contributed by atoms with Gasteiger partial charge in [-0.3, -0.25) is 4.99 Å². The Labute approximate surface area is 111 Å². The standard InChI is InChI=1S/C11H26N4O2S/c1-4-6-8-13-11(12)14-9-7-10-15(5-2)18(3,16)17/h4-10H2,1-3H3,(H3,12,13,14). The van der Waals surface area contributed by atoms with Crippen LogP contribution in [0.1, 0.15) is 33.1 Å². The number of nitrogens with one attached hydrogen (secondary N) is 1. The summed E-state index contributed by atoms with van der Waals surface area (Å²) in [6, 6.07) is 0. The van der Waals surface area contributed by atoms with Crippen molar-refractivity contribution in [2.24, 2.45) is 10.7 Å². The molecule has 0 saturated heterocycles. The molecular formula is C11H26N4O2S. The summed E-state index contributed by atoms with van der Waals surface area (Å²) in [7, 11) is -3.10. The maximum absolute atomic E-state index is 11.3. The zero-order valence-corrected chi connectivity index (χ0v) is 12.5. The van der Waals surface area contributed by atoms with Crippen LogP contribution in [0.2, 0.25) is 0 Å². The third-order valence-electron chi connectivity index (χ3n) is 2.51. The van der Waals surface area contributed by atoms with Gasteiger partial charge in [0.2, 0.25) is 10.0 Å². The van der Waals surface area contributed by atoms with Gasteiger partial charge in [0.05, 0.1) is 6.26 Å². The van der Waals surface area contributed by atoms with Gasteiger partial charge >= 0.3 is 0 Å². The summed E-state index contributed by atoms with van der Waals surface area (Å²) in [4.78, 5) is 4.15. The second kappa shape index (κ2) is 9.16. The first kappa shape index (κ1) is 17.2. The number of nitrogens with zero attached hydrogens (tertiary/aromatic N) is 2. The Morgan fingerprint density at radius 3 is 2.50 bits per heavy atom. The van der Waals surface area contributed by atoms with Crippen molar-refractivity contribution >= 4 is 16.0 Å². The van der Waals surface area contributed by atoms with Crippen molar-refractivity contribution in [2.45, 2.75) is 33.1 Å². The highest BCUT2D eigenvalue weighted by Gasteiger charge is 2.12. The van der Waals surface area contributed by atoms with Gasteiger partial charge < -0.3 is 11.1 Å². The van der Waals surface area contributed by atoms with E-state index < -0.39 is 10.0 Å². The topological polar surface area (TPSA) is 87.8 Å². The minimum Gasteiger partial charge on any atom is -0.370 e. The number of hydrogen-bond acceptors (Lipinski definition) is 3. The van der Waals surface area contributed by atoms with Crippen LogP contribution in [0.4, 0.5) is 0 Å². The molecule has 0 aliphatic rings. The smallest absolute Gasteiger partial charge is 0.211 e.